The standard InChI is InChI=1S/C12H25N5/c1-5-13-9-12-14-15-16-17(12)11(4)8-6-7-10(2)3/h10-11,13H,5-9H2,1-4H3. The number of rotatable bonds is 8. The Kier molecular flexibility index (Phi) is 6.11. The molecule has 0 bridgehead atoms. The molecular weight excluding hydrogens is 214 g/mol. The smallest absolute Gasteiger partial charge is 0.165 e. The second kappa shape index (κ2) is 7.37. The zero-order valence-corrected chi connectivity index (χ0v) is 11.5. The van der Waals surface area contributed by atoms with Crippen LogP contribution >= 0.6 is 0 Å². The molecule has 1 heterocycles. The van der Waals surface area contributed by atoms with E-state index in [0.29, 0.717) is 6.04 Å². The highest BCUT2D eigenvalue weighted by Crippen LogP contribution is 2.16. The summed E-state index contributed by atoms with van der Waals surface area (Å²) in [6.07, 6.45) is 3.65. The second-order valence-corrected chi connectivity index (χ2v) is 4.99. The molecule has 5 nitrogen and oxygen atoms in total. The van der Waals surface area contributed by atoms with Crippen LogP contribution in [0.3, 0.4) is 0 Å². The molecule has 1 aromatic rings. The molecule has 1 atom stereocenters. The summed E-state index contributed by atoms with van der Waals surface area (Å²) < 4.78 is 1.95. The molecule has 98 valence electrons. The van der Waals surface area contributed by atoms with Crippen molar-refractivity contribution in [2.24, 2.45) is 5.92 Å². The lowest BCUT2D eigenvalue weighted by Crippen LogP contribution is -2.19. The zero-order chi connectivity index (χ0) is 12.7. The first kappa shape index (κ1) is 14.1. The van der Waals surface area contributed by atoms with E-state index in [-0.39, 0.29) is 0 Å². The third kappa shape index (κ3) is 4.81. The van der Waals surface area contributed by atoms with Crippen molar-refractivity contribution in [3.05, 3.63) is 5.82 Å². The number of nitrogens with zero attached hydrogens (tertiary/aromatic N) is 4. The summed E-state index contributed by atoms with van der Waals surface area (Å²) in [6.45, 7) is 10.5. The summed E-state index contributed by atoms with van der Waals surface area (Å²) in [5.41, 5.74) is 0. The maximum absolute atomic E-state index is 4.08. The van der Waals surface area contributed by atoms with E-state index in [2.05, 4.69) is 48.5 Å². The van der Waals surface area contributed by atoms with Crippen molar-refractivity contribution in [3.63, 3.8) is 0 Å². The van der Waals surface area contributed by atoms with E-state index >= 15 is 0 Å². The normalized spacial score (nSPS) is 13.2. The van der Waals surface area contributed by atoms with Crippen molar-refractivity contribution in [3.8, 4) is 0 Å². The van der Waals surface area contributed by atoms with Gasteiger partial charge in [0.2, 0.25) is 0 Å². The molecule has 0 radical (unpaired) electrons. The van der Waals surface area contributed by atoms with Crippen molar-refractivity contribution >= 4 is 0 Å². The second-order valence-electron chi connectivity index (χ2n) is 4.99. The summed E-state index contributed by atoms with van der Waals surface area (Å²) in [7, 11) is 0. The molecule has 0 aliphatic carbocycles. The van der Waals surface area contributed by atoms with Crippen molar-refractivity contribution in [1.29, 1.82) is 0 Å². The van der Waals surface area contributed by atoms with Gasteiger partial charge in [-0.05, 0) is 36.2 Å². The number of hydrogen-bond acceptors (Lipinski definition) is 4. The fourth-order valence-electron chi connectivity index (χ4n) is 1.85. The van der Waals surface area contributed by atoms with E-state index in [4.69, 9.17) is 0 Å². The summed E-state index contributed by atoms with van der Waals surface area (Å²) in [5, 5.41) is 15.2. The van der Waals surface area contributed by atoms with Gasteiger partial charge in [0.05, 0.1) is 12.6 Å². The van der Waals surface area contributed by atoms with Crippen LogP contribution in [0.1, 0.15) is 58.8 Å². The highest BCUT2D eigenvalue weighted by atomic mass is 15.6. The summed E-state index contributed by atoms with van der Waals surface area (Å²) >= 11 is 0. The van der Waals surface area contributed by atoms with Crippen LogP contribution in [0.2, 0.25) is 0 Å². The first-order chi connectivity index (χ1) is 8.15. The number of nitrogens with one attached hydrogen (secondary N) is 1. The molecule has 0 aliphatic heterocycles. The summed E-state index contributed by atoms with van der Waals surface area (Å²) in [6, 6.07) is 0.386. The first-order valence-electron chi connectivity index (χ1n) is 6.62. The van der Waals surface area contributed by atoms with Gasteiger partial charge in [0.25, 0.3) is 0 Å². The molecule has 0 spiro atoms. The third-order valence-corrected chi connectivity index (χ3v) is 2.91. The Balaban J connectivity index is 2.44. The van der Waals surface area contributed by atoms with Gasteiger partial charge in [0, 0.05) is 0 Å². The van der Waals surface area contributed by atoms with Crippen molar-refractivity contribution in [1.82, 2.24) is 25.5 Å². The number of tetrazole rings is 1. The zero-order valence-electron chi connectivity index (χ0n) is 11.5. The summed E-state index contributed by atoms with van der Waals surface area (Å²) in [4.78, 5) is 0. The number of hydrogen-bond donors (Lipinski definition) is 1. The van der Waals surface area contributed by atoms with Gasteiger partial charge in [-0.15, -0.1) is 5.10 Å². The minimum absolute atomic E-state index is 0.386. The van der Waals surface area contributed by atoms with E-state index in [1.165, 1.54) is 12.8 Å². The topological polar surface area (TPSA) is 55.6 Å². The van der Waals surface area contributed by atoms with Crippen LogP contribution in [0.5, 0.6) is 0 Å². The van der Waals surface area contributed by atoms with Crippen molar-refractivity contribution in [2.45, 2.75) is 59.5 Å². The fraction of sp³-hybridized carbons (Fsp3) is 0.917. The highest BCUT2D eigenvalue weighted by molar-refractivity contribution is 4.82. The van der Waals surface area contributed by atoms with Crippen molar-refractivity contribution < 1.29 is 0 Å². The van der Waals surface area contributed by atoms with Gasteiger partial charge in [-0.1, -0.05) is 33.6 Å². The monoisotopic (exact) mass is 239 g/mol. The van der Waals surface area contributed by atoms with Gasteiger partial charge in [0.15, 0.2) is 5.82 Å². The predicted molar refractivity (Wildman–Crippen MR) is 68.6 cm³/mol. The quantitative estimate of drug-likeness (QED) is 0.755. The average molecular weight is 239 g/mol. The van der Waals surface area contributed by atoms with Crippen LogP contribution in [0.4, 0.5) is 0 Å². The minimum Gasteiger partial charge on any atom is -0.310 e. The fourth-order valence-corrected chi connectivity index (χ4v) is 1.85. The minimum atomic E-state index is 0.386. The number of aromatic nitrogens is 4. The van der Waals surface area contributed by atoms with Crippen LogP contribution in [0, 0.1) is 5.92 Å². The molecule has 1 N–H and O–H groups in total. The third-order valence-electron chi connectivity index (χ3n) is 2.91. The van der Waals surface area contributed by atoms with Gasteiger partial charge in [0.1, 0.15) is 0 Å². The van der Waals surface area contributed by atoms with E-state index in [0.717, 1.165) is 31.3 Å². The SMILES string of the molecule is CCNCc1nnnn1C(C)CCCC(C)C. The maximum Gasteiger partial charge on any atom is 0.165 e. The summed E-state index contributed by atoms with van der Waals surface area (Å²) in [5.74, 6) is 1.71. The Morgan fingerprint density at radius 3 is 2.65 bits per heavy atom. The van der Waals surface area contributed by atoms with E-state index < -0.39 is 0 Å². The Morgan fingerprint density at radius 1 is 1.24 bits per heavy atom. The van der Waals surface area contributed by atoms with Crippen LogP contribution in [0.15, 0.2) is 0 Å². The molecule has 0 amide bonds. The molecule has 1 aromatic heterocycles. The van der Waals surface area contributed by atoms with E-state index in [1.54, 1.807) is 0 Å². The van der Waals surface area contributed by atoms with Crippen LogP contribution in [0.25, 0.3) is 0 Å². The molecular formula is C12H25N5. The lowest BCUT2D eigenvalue weighted by atomic mass is 10.0. The molecule has 0 fully saturated rings. The molecule has 0 aliphatic rings. The van der Waals surface area contributed by atoms with Crippen LogP contribution < -0.4 is 5.32 Å². The highest BCUT2D eigenvalue weighted by Gasteiger charge is 2.12. The van der Waals surface area contributed by atoms with Crippen LogP contribution in [-0.2, 0) is 6.54 Å². The maximum atomic E-state index is 4.08. The van der Waals surface area contributed by atoms with E-state index in [1.807, 2.05) is 4.68 Å². The van der Waals surface area contributed by atoms with Gasteiger partial charge < -0.3 is 5.32 Å². The van der Waals surface area contributed by atoms with Gasteiger partial charge in [-0.3, -0.25) is 0 Å². The Bertz CT molecular complexity index is 308. The average Bonchev–Trinajstić information content (AvgIpc) is 2.73. The Labute approximate surface area is 104 Å². The molecule has 1 rings (SSSR count). The molecule has 5 heteroatoms. The molecule has 0 saturated carbocycles. The Morgan fingerprint density at radius 2 is 2.00 bits per heavy atom. The largest absolute Gasteiger partial charge is 0.310 e. The Hall–Kier alpha value is -0.970. The molecule has 0 saturated heterocycles. The van der Waals surface area contributed by atoms with Crippen molar-refractivity contribution in [2.75, 3.05) is 6.54 Å². The molecule has 17 heavy (non-hydrogen) atoms. The van der Waals surface area contributed by atoms with Gasteiger partial charge in [-0.25, -0.2) is 4.68 Å². The first-order valence-corrected chi connectivity index (χ1v) is 6.62. The van der Waals surface area contributed by atoms with Gasteiger partial charge in [-0.2, -0.15) is 0 Å². The van der Waals surface area contributed by atoms with Gasteiger partial charge >= 0.3 is 0 Å². The van der Waals surface area contributed by atoms with Crippen LogP contribution in [-0.4, -0.2) is 26.8 Å². The molecule has 0 aromatic carbocycles. The lowest BCUT2D eigenvalue weighted by molar-refractivity contribution is 0.397. The predicted octanol–water partition coefficient (Wildman–Crippen LogP) is 2.17. The van der Waals surface area contributed by atoms with E-state index in [9.17, 15) is 0 Å². The molecule has 1 unspecified atom stereocenters. The lowest BCUT2D eigenvalue weighted by Gasteiger charge is -2.14.